The van der Waals surface area contributed by atoms with Crippen LogP contribution in [-0.4, -0.2) is 49.6 Å². The lowest BCUT2D eigenvalue weighted by Crippen LogP contribution is -2.46. The van der Waals surface area contributed by atoms with Gasteiger partial charge in [0, 0.05) is 35.2 Å². The van der Waals surface area contributed by atoms with E-state index < -0.39 is 0 Å². The first-order valence-electron chi connectivity index (χ1n) is 14.1. The molecule has 0 aliphatic carbocycles. The fourth-order valence-corrected chi connectivity index (χ4v) is 5.77. The first kappa shape index (κ1) is 29.4. The molecule has 1 aliphatic rings. The molecule has 0 saturated heterocycles. The number of anilines is 1. The Hall–Kier alpha value is -4.67. The number of hydrogen-bond acceptors (Lipinski definition) is 6. The van der Waals surface area contributed by atoms with E-state index in [1.165, 1.54) is 4.57 Å². The number of halogens is 2. The van der Waals surface area contributed by atoms with Crippen molar-refractivity contribution in [2.75, 3.05) is 12.4 Å². The van der Waals surface area contributed by atoms with Gasteiger partial charge in [-0.1, -0.05) is 29.3 Å². The second-order valence-electron chi connectivity index (χ2n) is 10.8. The van der Waals surface area contributed by atoms with Crippen LogP contribution in [0.4, 0.5) is 5.95 Å². The minimum Gasteiger partial charge on any atom is -0.355 e. The quantitative estimate of drug-likeness (QED) is 0.227. The van der Waals surface area contributed by atoms with Gasteiger partial charge in [0.2, 0.25) is 5.95 Å². The Kier molecular flexibility index (Phi) is 7.87. The van der Waals surface area contributed by atoms with Crippen LogP contribution < -0.4 is 16.2 Å². The Bertz CT molecular complexity index is 1970. The van der Waals surface area contributed by atoms with Crippen molar-refractivity contribution < 1.29 is 9.59 Å². The van der Waals surface area contributed by atoms with E-state index >= 15 is 0 Å². The lowest BCUT2D eigenvalue weighted by atomic mass is 9.98. The predicted molar refractivity (Wildman–Crippen MR) is 171 cm³/mol. The molecular weight excluding hydrogens is 601 g/mol. The summed E-state index contributed by atoms with van der Waals surface area (Å²) in [6, 6.07) is 17.0. The number of carbonyl (C=O) groups is 2. The van der Waals surface area contributed by atoms with Crippen LogP contribution in [0.25, 0.3) is 16.6 Å². The Morgan fingerprint density at radius 3 is 2.50 bits per heavy atom. The smallest absolute Gasteiger partial charge is 0.263 e. The molecule has 6 rings (SSSR count). The fraction of sp³-hybridized carbons (Fsp3) is 0.219. The Morgan fingerprint density at radius 1 is 1.02 bits per heavy atom. The van der Waals surface area contributed by atoms with Crippen molar-refractivity contribution >= 4 is 51.9 Å². The van der Waals surface area contributed by atoms with Crippen LogP contribution >= 0.6 is 23.2 Å². The number of nitrogens with zero attached hydrogens (tertiary/aromatic N) is 4. The summed E-state index contributed by atoms with van der Waals surface area (Å²) < 4.78 is 1.53. The molecule has 1 aliphatic heterocycles. The highest BCUT2D eigenvalue weighted by Crippen LogP contribution is 2.29. The second kappa shape index (κ2) is 11.8. The van der Waals surface area contributed by atoms with Crippen LogP contribution in [0.2, 0.25) is 10.0 Å². The molecule has 2 aromatic heterocycles. The largest absolute Gasteiger partial charge is 0.355 e. The third-order valence-corrected chi connectivity index (χ3v) is 8.71. The highest BCUT2D eigenvalue weighted by Gasteiger charge is 2.32. The van der Waals surface area contributed by atoms with Gasteiger partial charge in [-0.2, -0.15) is 5.10 Å². The number of amides is 2. The molecule has 12 heteroatoms. The monoisotopic (exact) mass is 629 g/mol. The van der Waals surface area contributed by atoms with Crippen molar-refractivity contribution in [1.29, 1.82) is 0 Å². The lowest BCUT2D eigenvalue weighted by Gasteiger charge is -2.35. The highest BCUT2D eigenvalue weighted by molar-refractivity contribution is 6.42. The first-order valence-corrected chi connectivity index (χ1v) is 14.8. The van der Waals surface area contributed by atoms with Gasteiger partial charge in [-0.05, 0) is 80.4 Å². The molecule has 0 spiro atoms. The zero-order valence-electron chi connectivity index (χ0n) is 24.2. The van der Waals surface area contributed by atoms with Gasteiger partial charge < -0.3 is 15.5 Å². The van der Waals surface area contributed by atoms with E-state index in [1.807, 2.05) is 32.0 Å². The van der Waals surface area contributed by atoms with Crippen molar-refractivity contribution in [3.05, 3.63) is 115 Å². The standard InChI is InChI=1S/C32H29Cl2N7O3/c1-17-12-24-28(16-40(17)30(43)21-6-10-25(33)26(34)14-21)38-32(37-18(2)20-7-11-27-22(13-20)15-36-39-27)41(31(24)44)23-8-4-19(5-9-23)29(42)35-3/h4-11,13-15,17-18H,12,16H2,1-3H3,(H,35,42)(H,36,39)(H,37,38)/t17-,18-/m1/s1. The number of carbonyl (C=O) groups excluding carboxylic acids is 2. The molecule has 3 heterocycles. The van der Waals surface area contributed by atoms with E-state index in [0.29, 0.717) is 50.5 Å². The minimum atomic E-state index is -0.276. The third kappa shape index (κ3) is 5.42. The number of benzene rings is 3. The van der Waals surface area contributed by atoms with E-state index in [9.17, 15) is 14.4 Å². The number of nitrogens with one attached hydrogen (secondary N) is 3. The number of aromatic nitrogens is 4. The molecule has 224 valence electrons. The summed E-state index contributed by atoms with van der Waals surface area (Å²) in [5.41, 5.74) is 4.12. The number of fused-ring (bicyclic) bond motifs is 2. The summed E-state index contributed by atoms with van der Waals surface area (Å²) in [5, 5.41) is 14.7. The Morgan fingerprint density at radius 2 is 1.77 bits per heavy atom. The molecule has 0 saturated carbocycles. The van der Waals surface area contributed by atoms with E-state index in [-0.39, 0.29) is 36.0 Å². The number of rotatable bonds is 6. The Balaban J connectivity index is 1.41. The number of aromatic amines is 1. The maximum Gasteiger partial charge on any atom is 0.263 e. The SMILES string of the molecule is CNC(=O)c1ccc(-n2c(N[C@H](C)c3ccc4[nH]ncc4c3)nc3c(c2=O)C[C@@H](C)N(C(=O)c2ccc(Cl)c(Cl)c2)C3)cc1. The molecule has 5 aromatic rings. The normalized spacial score (nSPS) is 15.1. The molecule has 0 unspecified atom stereocenters. The third-order valence-electron chi connectivity index (χ3n) is 7.97. The highest BCUT2D eigenvalue weighted by atomic mass is 35.5. The maximum absolute atomic E-state index is 14.2. The molecule has 3 aromatic carbocycles. The van der Waals surface area contributed by atoms with Crippen molar-refractivity contribution in [2.45, 2.75) is 38.9 Å². The first-order chi connectivity index (χ1) is 21.1. The molecule has 10 nitrogen and oxygen atoms in total. The average molecular weight is 631 g/mol. The summed E-state index contributed by atoms with van der Waals surface area (Å²) in [7, 11) is 1.56. The maximum atomic E-state index is 14.2. The van der Waals surface area contributed by atoms with Crippen molar-refractivity contribution in [3.8, 4) is 5.69 Å². The van der Waals surface area contributed by atoms with E-state index in [0.717, 1.165) is 16.5 Å². The Labute approximate surface area is 263 Å². The van der Waals surface area contributed by atoms with E-state index in [1.54, 1.807) is 60.6 Å². The van der Waals surface area contributed by atoms with Crippen molar-refractivity contribution in [3.63, 3.8) is 0 Å². The zero-order chi connectivity index (χ0) is 31.1. The summed E-state index contributed by atoms with van der Waals surface area (Å²) in [6.45, 7) is 4.03. The van der Waals surface area contributed by atoms with Gasteiger partial charge in [0.05, 0.1) is 45.7 Å². The van der Waals surface area contributed by atoms with Gasteiger partial charge in [-0.15, -0.1) is 0 Å². The van der Waals surface area contributed by atoms with Gasteiger partial charge in [0.1, 0.15) is 0 Å². The minimum absolute atomic E-state index is 0.144. The second-order valence-corrected chi connectivity index (χ2v) is 11.6. The van der Waals surface area contributed by atoms with Gasteiger partial charge in [0.25, 0.3) is 17.4 Å². The molecule has 0 bridgehead atoms. The average Bonchev–Trinajstić information content (AvgIpc) is 3.50. The van der Waals surface area contributed by atoms with Crippen molar-refractivity contribution in [1.82, 2.24) is 30.0 Å². The summed E-state index contributed by atoms with van der Waals surface area (Å²) >= 11 is 12.3. The topological polar surface area (TPSA) is 125 Å². The van der Waals surface area contributed by atoms with Crippen LogP contribution in [0, 0.1) is 0 Å². The van der Waals surface area contributed by atoms with E-state index in [2.05, 4.69) is 20.8 Å². The van der Waals surface area contributed by atoms with Crippen molar-refractivity contribution in [2.24, 2.45) is 0 Å². The molecule has 2 amide bonds. The zero-order valence-corrected chi connectivity index (χ0v) is 25.7. The lowest BCUT2D eigenvalue weighted by molar-refractivity contribution is 0.0653. The van der Waals surface area contributed by atoms with Crippen LogP contribution in [0.15, 0.2) is 71.7 Å². The van der Waals surface area contributed by atoms with Gasteiger partial charge in [0.15, 0.2) is 0 Å². The number of H-pyrrole nitrogens is 1. The molecule has 0 fully saturated rings. The predicted octanol–water partition coefficient (Wildman–Crippen LogP) is 5.54. The summed E-state index contributed by atoms with van der Waals surface area (Å²) in [6.07, 6.45) is 2.07. The molecule has 3 N–H and O–H groups in total. The number of hydrogen-bond donors (Lipinski definition) is 3. The van der Waals surface area contributed by atoms with Crippen LogP contribution in [0.3, 0.4) is 0 Å². The fourth-order valence-electron chi connectivity index (χ4n) is 5.48. The molecule has 0 radical (unpaired) electrons. The van der Waals surface area contributed by atoms with Gasteiger partial charge in [-0.3, -0.25) is 19.5 Å². The molecule has 44 heavy (non-hydrogen) atoms. The molecule has 2 atom stereocenters. The van der Waals surface area contributed by atoms with Gasteiger partial charge in [-0.25, -0.2) is 9.55 Å². The van der Waals surface area contributed by atoms with Crippen LogP contribution in [0.1, 0.15) is 57.4 Å². The van der Waals surface area contributed by atoms with Crippen LogP contribution in [-0.2, 0) is 13.0 Å². The summed E-state index contributed by atoms with van der Waals surface area (Å²) in [5.74, 6) is -0.138. The van der Waals surface area contributed by atoms with Crippen LogP contribution in [0.5, 0.6) is 0 Å². The van der Waals surface area contributed by atoms with Gasteiger partial charge >= 0.3 is 0 Å². The summed E-state index contributed by atoms with van der Waals surface area (Å²) in [4.78, 5) is 46.6. The van der Waals surface area contributed by atoms with E-state index in [4.69, 9.17) is 28.2 Å². The molecular formula is C32H29Cl2N7O3.